The highest BCUT2D eigenvalue weighted by Gasteiger charge is 2.31. The molecular weight excluding hydrogens is 388 g/mol. The summed E-state index contributed by atoms with van der Waals surface area (Å²) in [6.45, 7) is 3.21. The summed E-state index contributed by atoms with van der Waals surface area (Å²) in [7, 11) is 0. The third kappa shape index (κ3) is 4.12. The summed E-state index contributed by atoms with van der Waals surface area (Å²) in [5.74, 6) is -1.12. The van der Waals surface area contributed by atoms with E-state index in [4.69, 9.17) is 5.73 Å². The molecule has 0 radical (unpaired) electrons. The number of aryl methyl sites for hydroxylation is 1. The van der Waals surface area contributed by atoms with Crippen LogP contribution in [0.5, 0.6) is 0 Å². The van der Waals surface area contributed by atoms with Gasteiger partial charge in [-0.05, 0) is 43.5 Å². The van der Waals surface area contributed by atoms with E-state index in [1.165, 1.54) is 12.1 Å². The summed E-state index contributed by atoms with van der Waals surface area (Å²) in [4.78, 5) is 27.4. The molecule has 3 aromatic rings. The van der Waals surface area contributed by atoms with Crippen LogP contribution in [0.3, 0.4) is 0 Å². The van der Waals surface area contributed by atoms with Gasteiger partial charge in [-0.25, -0.2) is 8.78 Å². The van der Waals surface area contributed by atoms with Gasteiger partial charge in [0.1, 0.15) is 11.6 Å². The topological polar surface area (TPSA) is 85.0 Å². The maximum absolute atomic E-state index is 14.1. The number of carbonyl (C=O) groups excluding carboxylic acids is 1. The van der Waals surface area contributed by atoms with Gasteiger partial charge in [0.15, 0.2) is 0 Å². The predicted octanol–water partition coefficient (Wildman–Crippen LogP) is 2.95. The zero-order chi connectivity index (χ0) is 21.3. The number of nitrogen functional groups attached to an aromatic ring is 1. The van der Waals surface area contributed by atoms with E-state index in [9.17, 15) is 13.6 Å². The van der Waals surface area contributed by atoms with Crippen molar-refractivity contribution >= 4 is 11.6 Å². The second-order valence-corrected chi connectivity index (χ2v) is 7.49. The Morgan fingerprint density at radius 1 is 1.13 bits per heavy atom. The average Bonchev–Trinajstić information content (AvgIpc) is 2.67. The molecule has 1 aromatic carbocycles. The van der Waals surface area contributed by atoms with Crippen molar-refractivity contribution in [2.75, 3.05) is 18.8 Å². The van der Waals surface area contributed by atoms with Crippen LogP contribution in [-0.2, 0) is 17.6 Å². The fraction of sp³-hybridized carbons (Fsp3) is 0.273. The molecule has 0 bridgehead atoms. The second-order valence-electron chi connectivity index (χ2n) is 7.49. The number of amides is 1. The van der Waals surface area contributed by atoms with E-state index in [2.05, 4.69) is 15.0 Å². The molecule has 154 valence electrons. The molecule has 0 saturated carbocycles. The van der Waals surface area contributed by atoms with Crippen LogP contribution >= 0.6 is 0 Å². The van der Waals surface area contributed by atoms with Crippen molar-refractivity contribution in [1.82, 2.24) is 19.9 Å². The summed E-state index contributed by atoms with van der Waals surface area (Å²) < 4.78 is 27.2. The van der Waals surface area contributed by atoms with Gasteiger partial charge in [0.25, 0.3) is 0 Å². The minimum Gasteiger partial charge on any atom is -0.397 e. The standard InChI is InChI=1S/C22H21F2N5O/c1-13-20(27-7-6-26-13)8-14-11-29(12-14)22(30)10-21-18(25)4-5-19(28-21)16-3-2-15(23)9-17(16)24/h2-7,9,14H,8,10-12,25H2,1H3. The number of likely N-dealkylation sites (tertiary alicyclic amines) is 1. The first-order valence-electron chi connectivity index (χ1n) is 9.66. The van der Waals surface area contributed by atoms with Crippen LogP contribution in [0.25, 0.3) is 11.3 Å². The number of aromatic nitrogens is 3. The van der Waals surface area contributed by atoms with E-state index in [-0.39, 0.29) is 17.9 Å². The minimum atomic E-state index is -0.713. The summed E-state index contributed by atoms with van der Waals surface area (Å²) in [5, 5.41) is 0. The van der Waals surface area contributed by atoms with Gasteiger partial charge in [-0.1, -0.05) is 0 Å². The SMILES string of the molecule is Cc1nccnc1CC1CN(C(=O)Cc2nc(-c3ccc(F)cc3F)ccc2N)C1. The Morgan fingerprint density at radius 2 is 1.90 bits per heavy atom. The quantitative estimate of drug-likeness (QED) is 0.700. The Kier molecular flexibility index (Phi) is 5.39. The van der Waals surface area contributed by atoms with E-state index >= 15 is 0 Å². The van der Waals surface area contributed by atoms with E-state index in [0.717, 1.165) is 23.9 Å². The van der Waals surface area contributed by atoms with Gasteiger partial charge < -0.3 is 10.6 Å². The second kappa shape index (κ2) is 8.14. The number of nitrogens with two attached hydrogens (primary N) is 1. The van der Waals surface area contributed by atoms with E-state index < -0.39 is 11.6 Å². The number of hydrogen-bond donors (Lipinski definition) is 1. The average molecular weight is 409 g/mol. The molecule has 30 heavy (non-hydrogen) atoms. The van der Waals surface area contributed by atoms with E-state index in [1.807, 2.05) is 6.92 Å². The lowest BCUT2D eigenvalue weighted by molar-refractivity contribution is -0.136. The monoisotopic (exact) mass is 409 g/mol. The van der Waals surface area contributed by atoms with Crippen molar-refractivity contribution in [3.05, 3.63) is 71.4 Å². The molecule has 1 fully saturated rings. The lowest BCUT2D eigenvalue weighted by Gasteiger charge is -2.39. The molecule has 4 rings (SSSR count). The molecule has 0 spiro atoms. The molecule has 1 saturated heterocycles. The van der Waals surface area contributed by atoms with Crippen LogP contribution in [-0.4, -0.2) is 38.8 Å². The van der Waals surface area contributed by atoms with Gasteiger partial charge in [0.2, 0.25) is 5.91 Å². The van der Waals surface area contributed by atoms with Gasteiger partial charge in [-0.15, -0.1) is 0 Å². The summed E-state index contributed by atoms with van der Waals surface area (Å²) >= 11 is 0. The molecule has 2 aromatic heterocycles. The molecule has 0 unspecified atom stereocenters. The number of anilines is 1. The Balaban J connectivity index is 1.41. The van der Waals surface area contributed by atoms with Crippen molar-refractivity contribution in [3.63, 3.8) is 0 Å². The number of nitrogens with zero attached hydrogens (tertiary/aromatic N) is 4. The van der Waals surface area contributed by atoms with Crippen LogP contribution in [0.1, 0.15) is 17.1 Å². The largest absolute Gasteiger partial charge is 0.397 e. The molecule has 1 amide bonds. The maximum atomic E-state index is 14.1. The Labute approximate surface area is 172 Å². The summed E-state index contributed by atoms with van der Waals surface area (Å²) in [5.41, 5.74) is 9.06. The highest BCUT2D eigenvalue weighted by atomic mass is 19.1. The van der Waals surface area contributed by atoms with Gasteiger partial charge in [0, 0.05) is 37.1 Å². The van der Waals surface area contributed by atoms with Crippen LogP contribution in [0, 0.1) is 24.5 Å². The number of carbonyl (C=O) groups is 1. The molecule has 8 heteroatoms. The first-order valence-corrected chi connectivity index (χ1v) is 9.66. The van der Waals surface area contributed by atoms with E-state index in [0.29, 0.717) is 36.1 Å². The lowest BCUT2D eigenvalue weighted by Crippen LogP contribution is -2.51. The third-order valence-corrected chi connectivity index (χ3v) is 5.31. The molecule has 0 aliphatic carbocycles. The number of pyridine rings is 1. The molecule has 6 nitrogen and oxygen atoms in total. The number of halogens is 2. The summed E-state index contributed by atoms with van der Waals surface area (Å²) in [6.07, 6.45) is 4.15. The Bertz CT molecular complexity index is 1100. The van der Waals surface area contributed by atoms with E-state index in [1.54, 1.807) is 29.4 Å². The normalized spacial score (nSPS) is 13.9. The van der Waals surface area contributed by atoms with Crippen molar-refractivity contribution in [2.24, 2.45) is 5.92 Å². The fourth-order valence-corrected chi connectivity index (χ4v) is 3.57. The molecule has 2 N–H and O–H groups in total. The highest BCUT2D eigenvalue weighted by molar-refractivity contribution is 5.81. The van der Waals surface area contributed by atoms with Gasteiger partial charge in [0.05, 0.1) is 34.9 Å². The van der Waals surface area contributed by atoms with Crippen molar-refractivity contribution in [2.45, 2.75) is 19.8 Å². The summed E-state index contributed by atoms with van der Waals surface area (Å²) in [6, 6.07) is 6.44. The number of hydrogen-bond acceptors (Lipinski definition) is 5. The zero-order valence-corrected chi connectivity index (χ0v) is 16.5. The smallest absolute Gasteiger partial charge is 0.228 e. The minimum absolute atomic E-state index is 0.0272. The fourth-order valence-electron chi connectivity index (χ4n) is 3.57. The molecular formula is C22H21F2N5O. The zero-order valence-electron chi connectivity index (χ0n) is 16.5. The third-order valence-electron chi connectivity index (χ3n) is 5.31. The predicted molar refractivity (Wildman–Crippen MR) is 108 cm³/mol. The van der Waals surface area contributed by atoms with Crippen molar-refractivity contribution in [3.8, 4) is 11.3 Å². The Hall–Kier alpha value is -3.42. The van der Waals surface area contributed by atoms with Crippen LogP contribution in [0.4, 0.5) is 14.5 Å². The maximum Gasteiger partial charge on any atom is 0.228 e. The van der Waals surface area contributed by atoms with Crippen molar-refractivity contribution in [1.29, 1.82) is 0 Å². The van der Waals surface area contributed by atoms with Crippen molar-refractivity contribution < 1.29 is 13.6 Å². The van der Waals surface area contributed by atoms with Gasteiger partial charge in [-0.2, -0.15) is 0 Å². The number of benzene rings is 1. The first-order chi connectivity index (χ1) is 14.4. The van der Waals surface area contributed by atoms with Gasteiger partial charge >= 0.3 is 0 Å². The van der Waals surface area contributed by atoms with Crippen LogP contribution in [0.15, 0.2) is 42.7 Å². The molecule has 1 aliphatic heterocycles. The lowest BCUT2D eigenvalue weighted by atomic mass is 9.93. The molecule has 0 atom stereocenters. The highest BCUT2D eigenvalue weighted by Crippen LogP contribution is 2.26. The number of rotatable bonds is 5. The molecule has 3 heterocycles. The first kappa shape index (κ1) is 19.9. The van der Waals surface area contributed by atoms with Crippen LogP contribution < -0.4 is 5.73 Å². The molecule has 1 aliphatic rings. The van der Waals surface area contributed by atoms with Gasteiger partial charge in [-0.3, -0.25) is 19.7 Å². The Morgan fingerprint density at radius 3 is 2.63 bits per heavy atom. The van der Waals surface area contributed by atoms with Crippen LogP contribution in [0.2, 0.25) is 0 Å².